The molecule has 2 aromatic rings. The Morgan fingerprint density at radius 3 is 2.64 bits per heavy atom. The summed E-state index contributed by atoms with van der Waals surface area (Å²) in [6, 6.07) is 9.18. The maximum Gasteiger partial charge on any atom is 0.257 e. The van der Waals surface area contributed by atoms with Crippen LogP contribution in [0.3, 0.4) is 0 Å². The number of rotatable bonds is 2. The van der Waals surface area contributed by atoms with E-state index in [9.17, 15) is 10.1 Å². The number of carbonyl (C=O) groups excluding carboxylic acids is 1. The molecular weight excluding hydrogens is 354 g/mol. The van der Waals surface area contributed by atoms with Crippen molar-refractivity contribution >= 4 is 33.8 Å². The fourth-order valence-electron chi connectivity index (χ4n) is 3.55. The smallest absolute Gasteiger partial charge is 0.257 e. The fraction of sp³-hybridized carbons (Fsp3) is 0.368. The van der Waals surface area contributed by atoms with Gasteiger partial charge in [0.05, 0.1) is 16.1 Å². The number of benzene rings is 1. The molecule has 4 nitrogen and oxygen atoms in total. The Labute approximate surface area is 156 Å². The SMILES string of the molecule is CC1(C)Cc2c(sc(NC(=O)c3ccccc3Cl)c2C#N)C(C)(C)N1. The van der Waals surface area contributed by atoms with Crippen LogP contribution in [0.2, 0.25) is 5.02 Å². The van der Waals surface area contributed by atoms with Crippen LogP contribution >= 0.6 is 22.9 Å². The van der Waals surface area contributed by atoms with E-state index in [0.717, 1.165) is 16.9 Å². The molecule has 0 saturated carbocycles. The van der Waals surface area contributed by atoms with Crippen LogP contribution in [0.5, 0.6) is 0 Å². The van der Waals surface area contributed by atoms with Crippen LogP contribution in [0, 0.1) is 11.3 Å². The molecule has 1 aliphatic heterocycles. The highest BCUT2D eigenvalue weighted by Crippen LogP contribution is 2.44. The van der Waals surface area contributed by atoms with Crippen molar-refractivity contribution in [2.24, 2.45) is 0 Å². The van der Waals surface area contributed by atoms with Gasteiger partial charge in [-0.15, -0.1) is 11.3 Å². The van der Waals surface area contributed by atoms with E-state index in [1.165, 1.54) is 11.3 Å². The zero-order valence-corrected chi connectivity index (χ0v) is 16.2. The summed E-state index contributed by atoms with van der Waals surface area (Å²) in [5.74, 6) is -0.300. The second kappa shape index (κ2) is 6.14. The molecule has 0 aliphatic carbocycles. The molecule has 0 bridgehead atoms. The number of hydrogen-bond acceptors (Lipinski definition) is 4. The fourth-order valence-corrected chi connectivity index (χ4v) is 4.99. The predicted molar refractivity (Wildman–Crippen MR) is 102 cm³/mol. The lowest BCUT2D eigenvalue weighted by Gasteiger charge is -2.42. The molecule has 25 heavy (non-hydrogen) atoms. The van der Waals surface area contributed by atoms with Crippen LogP contribution in [0.4, 0.5) is 5.00 Å². The molecule has 3 rings (SSSR count). The Balaban J connectivity index is 2.02. The number of anilines is 1. The van der Waals surface area contributed by atoms with E-state index >= 15 is 0 Å². The van der Waals surface area contributed by atoms with E-state index in [1.54, 1.807) is 24.3 Å². The number of carbonyl (C=O) groups is 1. The monoisotopic (exact) mass is 373 g/mol. The number of fused-ring (bicyclic) bond motifs is 1. The minimum absolute atomic E-state index is 0.118. The first-order valence-electron chi connectivity index (χ1n) is 8.06. The summed E-state index contributed by atoms with van der Waals surface area (Å²) < 4.78 is 0. The summed E-state index contributed by atoms with van der Waals surface area (Å²) in [4.78, 5) is 13.7. The van der Waals surface area contributed by atoms with Crippen LogP contribution in [0.1, 0.15) is 54.1 Å². The molecule has 1 aromatic heterocycles. The van der Waals surface area contributed by atoms with E-state index in [1.807, 2.05) is 0 Å². The van der Waals surface area contributed by atoms with Gasteiger partial charge in [-0.25, -0.2) is 0 Å². The van der Waals surface area contributed by atoms with Crippen LogP contribution in [0.25, 0.3) is 0 Å². The van der Waals surface area contributed by atoms with E-state index in [4.69, 9.17) is 11.6 Å². The van der Waals surface area contributed by atoms with Gasteiger partial charge in [-0.05, 0) is 51.8 Å². The Morgan fingerprint density at radius 2 is 2.00 bits per heavy atom. The van der Waals surface area contributed by atoms with Crippen molar-refractivity contribution < 1.29 is 4.79 Å². The molecule has 6 heteroatoms. The molecule has 0 spiro atoms. The number of nitriles is 1. The quantitative estimate of drug-likeness (QED) is 0.802. The maximum absolute atomic E-state index is 12.6. The minimum atomic E-state index is -0.300. The highest BCUT2D eigenvalue weighted by Gasteiger charge is 2.40. The van der Waals surface area contributed by atoms with Crippen LogP contribution in [-0.4, -0.2) is 11.4 Å². The zero-order valence-electron chi connectivity index (χ0n) is 14.7. The van der Waals surface area contributed by atoms with Crippen molar-refractivity contribution in [3.05, 3.63) is 50.9 Å². The van der Waals surface area contributed by atoms with Crippen LogP contribution in [-0.2, 0) is 12.0 Å². The summed E-state index contributed by atoms with van der Waals surface area (Å²) in [5, 5.41) is 17.2. The van der Waals surface area contributed by atoms with Gasteiger partial charge in [0.25, 0.3) is 5.91 Å². The van der Waals surface area contributed by atoms with Gasteiger partial charge in [0, 0.05) is 16.0 Å². The van der Waals surface area contributed by atoms with Gasteiger partial charge in [0.1, 0.15) is 11.1 Å². The Bertz CT molecular complexity index is 893. The van der Waals surface area contributed by atoms with E-state index in [2.05, 4.69) is 44.4 Å². The molecule has 2 N–H and O–H groups in total. The van der Waals surface area contributed by atoms with Crippen molar-refractivity contribution in [1.82, 2.24) is 5.32 Å². The number of amides is 1. The van der Waals surface area contributed by atoms with Crippen molar-refractivity contribution in [1.29, 1.82) is 5.26 Å². The first-order valence-corrected chi connectivity index (χ1v) is 9.25. The van der Waals surface area contributed by atoms with Crippen LogP contribution in [0.15, 0.2) is 24.3 Å². The zero-order chi connectivity index (χ0) is 18.4. The molecule has 0 unspecified atom stereocenters. The number of nitrogens with one attached hydrogen (secondary N) is 2. The van der Waals surface area contributed by atoms with Gasteiger partial charge in [-0.1, -0.05) is 23.7 Å². The van der Waals surface area contributed by atoms with E-state index in [0.29, 0.717) is 21.2 Å². The lowest BCUT2D eigenvalue weighted by atomic mass is 9.81. The Kier molecular flexibility index (Phi) is 4.40. The molecule has 1 aliphatic rings. The first kappa shape index (κ1) is 17.9. The largest absolute Gasteiger partial charge is 0.312 e. The van der Waals surface area contributed by atoms with Gasteiger partial charge < -0.3 is 10.6 Å². The number of hydrogen-bond donors (Lipinski definition) is 2. The highest BCUT2D eigenvalue weighted by molar-refractivity contribution is 7.17. The molecule has 0 atom stereocenters. The van der Waals surface area contributed by atoms with Crippen molar-refractivity contribution in [3.8, 4) is 6.07 Å². The van der Waals surface area contributed by atoms with E-state index in [-0.39, 0.29) is 17.0 Å². The molecule has 0 saturated heterocycles. The standard InChI is InChI=1S/C19H20ClN3OS/c1-18(2)9-12-13(10-21)17(25-15(12)19(3,4)23-18)22-16(24)11-7-5-6-8-14(11)20/h5-8,23H,9H2,1-4H3,(H,22,24). The molecule has 0 fully saturated rings. The number of nitrogens with zero attached hydrogens (tertiary/aromatic N) is 1. The lowest BCUT2D eigenvalue weighted by Crippen LogP contribution is -2.54. The third-order valence-electron chi connectivity index (χ3n) is 4.30. The lowest BCUT2D eigenvalue weighted by molar-refractivity contribution is 0.102. The van der Waals surface area contributed by atoms with Gasteiger partial charge in [0.2, 0.25) is 0 Å². The molecule has 1 aromatic carbocycles. The molecule has 0 radical (unpaired) electrons. The van der Waals surface area contributed by atoms with Crippen molar-refractivity contribution in [2.45, 2.75) is 45.2 Å². The van der Waals surface area contributed by atoms with Crippen LogP contribution < -0.4 is 10.6 Å². The van der Waals surface area contributed by atoms with Gasteiger partial charge in [-0.3, -0.25) is 4.79 Å². The summed E-state index contributed by atoms with van der Waals surface area (Å²) in [6.07, 6.45) is 0.743. The third kappa shape index (κ3) is 3.30. The average Bonchev–Trinajstić information content (AvgIpc) is 2.83. The molecule has 2 heterocycles. The highest BCUT2D eigenvalue weighted by atomic mass is 35.5. The predicted octanol–water partition coefficient (Wildman–Crippen LogP) is 4.68. The van der Waals surface area contributed by atoms with Crippen molar-refractivity contribution in [3.63, 3.8) is 0 Å². The molecule has 130 valence electrons. The summed E-state index contributed by atoms with van der Waals surface area (Å²) in [7, 11) is 0. The third-order valence-corrected chi connectivity index (χ3v) is 6.10. The van der Waals surface area contributed by atoms with Crippen molar-refractivity contribution in [2.75, 3.05) is 5.32 Å². The Hall–Kier alpha value is -1.87. The topological polar surface area (TPSA) is 64.9 Å². The summed E-state index contributed by atoms with van der Waals surface area (Å²) in [6.45, 7) is 8.45. The normalized spacial score (nSPS) is 17.4. The second-order valence-corrected chi connectivity index (χ2v) is 8.90. The van der Waals surface area contributed by atoms with Gasteiger partial charge >= 0.3 is 0 Å². The maximum atomic E-state index is 12.6. The Morgan fingerprint density at radius 1 is 1.32 bits per heavy atom. The first-order chi connectivity index (χ1) is 11.6. The second-order valence-electron chi connectivity index (χ2n) is 7.47. The molecule has 1 amide bonds. The number of halogens is 1. The average molecular weight is 374 g/mol. The number of thiophene rings is 1. The van der Waals surface area contributed by atoms with Gasteiger partial charge in [-0.2, -0.15) is 5.26 Å². The summed E-state index contributed by atoms with van der Waals surface area (Å²) >= 11 is 7.57. The molecular formula is C19H20ClN3OS. The summed E-state index contributed by atoms with van der Waals surface area (Å²) in [5.41, 5.74) is 1.60. The van der Waals surface area contributed by atoms with E-state index < -0.39 is 0 Å². The van der Waals surface area contributed by atoms with Gasteiger partial charge in [0.15, 0.2) is 0 Å². The minimum Gasteiger partial charge on any atom is -0.312 e.